The molecule has 3 heteroatoms. The number of methoxy groups -OCH3 is 1. The van der Waals surface area contributed by atoms with Gasteiger partial charge < -0.3 is 15.2 Å². The van der Waals surface area contributed by atoms with Gasteiger partial charge in [0.25, 0.3) is 0 Å². The maximum absolute atomic E-state index is 9.43. The molecular weight excluding hydrogens is 202 g/mol. The summed E-state index contributed by atoms with van der Waals surface area (Å²) < 4.78 is 5.18. The van der Waals surface area contributed by atoms with Crippen molar-refractivity contribution in [2.45, 2.75) is 37.8 Å². The number of ether oxygens (including phenoxy) is 1. The monoisotopic (exact) mass is 221 g/mol. The third-order valence-corrected chi connectivity index (χ3v) is 3.14. The Morgan fingerprint density at radius 3 is 2.69 bits per heavy atom. The Morgan fingerprint density at radius 2 is 2.00 bits per heavy atom. The Labute approximate surface area is 96.4 Å². The van der Waals surface area contributed by atoms with Crippen LogP contribution in [-0.4, -0.2) is 24.4 Å². The van der Waals surface area contributed by atoms with Crippen molar-refractivity contribution in [3.8, 4) is 5.75 Å². The van der Waals surface area contributed by atoms with Crippen LogP contribution < -0.4 is 10.1 Å². The average Bonchev–Trinajstić information content (AvgIpc) is 2.32. The zero-order chi connectivity index (χ0) is 11.4. The van der Waals surface area contributed by atoms with Crippen molar-refractivity contribution in [2.24, 2.45) is 0 Å². The van der Waals surface area contributed by atoms with E-state index in [-0.39, 0.29) is 6.10 Å². The predicted molar refractivity (Wildman–Crippen MR) is 64.9 cm³/mol. The van der Waals surface area contributed by atoms with Crippen molar-refractivity contribution < 1.29 is 9.84 Å². The van der Waals surface area contributed by atoms with Crippen molar-refractivity contribution in [1.82, 2.24) is 0 Å². The molecule has 3 nitrogen and oxygen atoms in total. The highest BCUT2D eigenvalue weighted by atomic mass is 16.5. The molecule has 2 rings (SSSR count). The molecule has 0 aliphatic heterocycles. The van der Waals surface area contributed by atoms with Gasteiger partial charge in [-0.1, -0.05) is 6.07 Å². The summed E-state index contributed by atoms with van der Waals surface area (Å²) in [6.07, 6.45) is 3.79. The van der Waals surface area contributed by atoms with Crippen LogP contribution in [-0.2, 0) is 0 Å². The highest BCUT2D eigenvalue weighted by molar-refractivity contribution is 5.48. The van der Waals surface area contributed by atoms with Crippen molar-refractivity contribution in [1.29, 1.82) is 0 Å². The van der Waals surface area contributed by atoms with E-state index in [1.54, 1.807) is 7.11 Å². The molecule has 1 aliphatic rings. The zero-order valence-electron chi connectivity index (χ0n) is 9.65. The van der Waals surface area contributed by atoms with E-state index in [9.17, 15) is 5.11 Å². The number of benzene rings is 1. The van der Waals surface area contributed by atoms with Crippen LogP contribution >= 0.6 is 0 Å². The summed E-state index contributed by atoms with van der Waals surface area (Å²) >= 11 is 0. The van der Waals surface area contributed by atoms with Gasteiger partial charge in [-0.3, -0.25) is 0 Å². The molecule has 0 heterocycles. The third-order valence-electron chi connectivity index (χ3n) is 3.14. The second-order valence-electron chi connectivity index (χ2n) is 4.38. The Balaban J connectivity index is 1.93. The van der Waals surface area contributed by atoms with Gasteiger partial charge in [-0.05, 0) is 37.8 Å². The minimum Gasteiger partial charge on any atom is -0.497 e. The van der Waals surface area contributed by atoms with E-state index < -0.39 is 0 Å². The first-order chi connectivity index (χ1) is 7.78. The van der Waals surface area contributed by atoms with Crippen LogP contribution in [0.2, 0.25) is 0 Å². The molecule has 0 saturated heterocycles. The molecule has 0 atom stereocenters. The molecular formula is C13H19NO2. The Bertz CT molecular complexity index is 332. The van der Waals surface area contributed by atoms with Gasteiger partial charge in [0, 0.05) is 17.8 Å². The van der Waals surface area contributed by atoms with E-state index >= 15 is 0 Å². The summed E-state index contributed by atoms with van der Waals surface area (Å²) in [6.45, 7) is 0. The van der Waals surface area contributed by atoms with Gasteiger partial charge in [-0.2, -0.15) is 0 Å². The van der Waals surface area contributed by atoms with Crippen molar-refractivity contribution in [3.05, 3.63) is 24.3 Å². The fourth-order valence-electron chi connectivity index (χ4n) is 2.17. The maximum atomic E-state index is 9.43. The number of aliphatic hydroxyl groups excluding tert-OH is 1. The lowest BCUT2D eigenvalue weighted by Crippen LogP contribution is -2.28. The van der Waals surface area contributed by atoms with E-state index in [2.05, 4.69) is 5.32 Å². The van der Waals surface area contributed by atoms with E-state index in [1.165, 1.54) is 0 Å². The fraction of sp³-hybridized carbons (Fsp3) is 0.538. The second kappa shape index (κ2) is 5.21. The van der Waals surface area contributed by atoms with Gasteiger partial charge in [0.05, 0.1) is 13.2 Å². The standard InChI is InChI=1S/C13H19NO2/c1-16-13-4-2-3-11(9-13)14-10-5-7-12(15)8-6-10/h2-4,9-10,12,14-15H,5-8H2,1H3. The SMILES string of the molecule is COc1cccc(NC2CCC(O)CC2)c1. The summed E-state index contributed by atoms with van der Waals surface area (Å²) in [5, 5.41) is 12.9. The second-order valence-corrected chi connectivity index (χ2v) is 4.38. The third kappa shape index (κ3) is 2.89. The normalized spacial score (nSPS) is 25.1. The minimum absolute atomic E-state index is 0.0941. The topological polar surface area (TPSA) is 41.5 Å². The number of hydrogen-bond donors (Lipinski definition) is 2. The number of nitrogens with one attached hydrogen (secondary N) is 1. The first-order valence-electron chi connectivity index (χ1n) is 5.86. The van der Waals surface area contributed by atoms with E-state index in [0.29, 0.717) is 6.04 Å². The Kier molecular flexibility index (Phi) is 3.67. The Morgan fingerprint density at radius 1 is 1.25 bits per heavy atom. The van der Waals surface area contributed by atoms with Crippen LogP contribution in [0.3, 0.4) is 0 Å². The van der Waals surface area contributed by atoms with Crippen LogP contribution in [0.25, 0.3) is 0 Å². The average molecular weight is 221 g/mol. The summed E-state index contributed by atoms with van der Waals surface area (Å²) in [6, 6.07) is 8.46. The highest BCUT2D eigenvalue weighted by Gasteiger charge is 2.18. The first-order valence-corrected chi connectivity index (χ1v) is 5.86. The van der Waals surface area contributed by atoms with Crippen LogP contribution in [0.4, 0.5) is 5.69 Å². The predicted octanol–water partition coefficient (Wildman–Crippen LogP) is 2.41. The molecule has 16 heavy (non-hydrogen) atoms. The molecule has 88 valence electrons. The van der Waals surface area contributed by atoms with Crippen molar-refractivity contribution >= 4 is 5.69 Å². The van der Waals surface area contributed by atoms with Gasteiger partial charge in [-0.15, -0.1) is 0 Å². The Hall–Kier alpha value is -1.22. The zero-order valence-corrected chi connectivity index (χ0v) is 9.65. The minimum atomic E-state index is -0.0941. The van der Waals surface area contributed by atoms with E-state index in [4.69, 9.17) is 4.74 Å². The molecule has 1 aromatic carbocycles. The van der Waals surface area contributed by atoms with Crippen molar-refractivity contribution in [3.63, 3.8) is 0 Å². The lowest BCUT2D eigenvalue weighted by Gasteiger charge is -2.27. The number of hydrogen-bond acceptors (Lipinski definition) is 3. The summed E-state index contributed by atoms with van der Waals surface area (Å²) in [5.41, 5.74) is 1.10. The number of anilines is 1. The quantitative estimate of drug-likeness (QED) is 0.823. The van der Waals surface area contributed by atoms with Gasteiger partial charge in [0.15, 0.2) is 0 Å². The molecule has 0 spiro atoms. The molecule has 0 aromatic heterocycles. The molecule has 1 fully saturated rings. The van der Waals surface area contributed by atoms with Crippen LogP contribution in [0, 0.1) is 0 Å². The summed E-state index contributed by atoms with van der Waals surface area (Å²) in [7, 11) is 1.68. The smallest absolute Gasteiger partial charge is 0.120 e. The van der Waals surface area contributed by atoms with Crippen LogP contribution in [0.5, 0.6) is 5.75 Å². The summed E-state index contributed by atoms with van der Waals surface area (Å²) in [4.78, 5) is 0. The van der Waals surface area contributed by atoms with E-state index in [1.807, 2.05) is 24.3 Å². The molecule has 1 aliphatic carbocycles. The first kappa shape index (κ1) is 11.3. The molecule has 0 amide bonds. The van der Waals surface area contributed by atoms with Crippen LogP contribution in [0.1, 0.15) is 25.7 Å². The molecule has 1 saturated carbocycles. The lowest BCUT2D eigenvalue weighted by atomic mass is 9.93. The van der Waals surface area contributed by atoms with Gasteiger partial charge in [0.2, 0.25) is 0 Å². The van der Waals surface area contributed by atoms with Crippen LogP contribution in [0.15, 0.2) is 24.3 Å². The molecule has 2 N–H and O–H groups in total. The highest BCUT2D eigenvalue weighted by Crippen LogP contribution is 2.24. The molecule has 0 bridgehead atoms. The molecule has 1 aromatic rings. The van der Waals surface area contributed by atoms with Gasteiger partial charge in [-0.25, -0.2) is 0 Å². The summed E-state index contributed by atoms with van der Waals surface area (Å²) in [5.74, 6) is 0.876. The molecule has 0 unspecified atom stereocenters. The maximum Gasteiger partial charge on any atom is 0.120 e. The number of aliphatic hydroxyl groups is 1. The van der Waals surface area contributed by atoms with Crippen molar-refractivity contribution in [2.75, 3.05) is 12.4 Å². The fourth-order valence-corrected chi connectivity index (χ4v) is 2.17. The van der Waals surface area contributed by atoms with Gasteiger partial charge in [0.1, 0.15) is 5.75 Å². The number of rotatable bonds is 3. The lowest BCUT2D eigenvalue weighted by molar-refractivity contribution is 0.126. The van der Waals surface area contributed by atoms with Gasteiger partial charge >= 0.3 is 0 Å². The molecule has 0 radical (unpaired) electrons. The largest absolute Gasteiger partial charge is 0.497 e. The van der Waals surface area contributed by atoms with E-state index in [0.717, 1.165) is 37.1 Å².